The fraction of sp³-hybridized carbons (Fsp3) is 0. The third-order valence-electron chi connectivity index (χ3n) is 0.200. The van der Waals surface area contributed by atoms with Crippen LogP contribution < -0.4 is 0 Å². The molecule has 0 heterocycles. The van der Waals surface area contributed by atoms with Gasteiger partial charge in [0.1, 0.15) is 0 Å². The Hall–Kier alpha value is 1.26. The Labute approximate surface area is 101 Å². The molecule has 0 spiro atoms. The van der Waals surface area contributed by atoms with Crippen LogP contribution in [0.25, 0.3) is 0 Å². The van der Waals surface area contributed by atoms with Crippen molar-refractivity contribution in [2.45, 2.75) is 0 Å². The molecule has 0 saturated carbocycles. The molecule has 0 aliphatic rings. The van der Waals surface area contributed by atoms with Crippen LogP contribution >= 0.6 is 0 Å². The molecule has 0 aromatic heterocycles. The summed E-state index contributed by atoms with van der Waals surface area (Å²) in [6.45, 7) is 0. The standard InChI is InChI=1S/Fe.Na.H2O8S2.H/c;;1-9(2,3)7-8-10(4,5)6;/h;;(H,1,2,3)(H,4,5,6);. The Morgan fingerprint density at radius 1 is 0.833 bits per heavy atom. The average molecular weight is 274 g/mol. The zero-order valence-corrected chi connectivity index (χ0v) is 7.25. The Kier molecular flexibility index (Phi) is 10.5. The Balaban J connectivity index is -0.000000405. The SMILES string of the molecule is O=S(=O)(O)OOS(=O)(=O)O.[Fe].[NaH]. The van der Waals surface area contributed by atoms with Crippen molar-refractivity contribution in [2.75, 3.05) is 0 Å². The van der Waals surface area contributed by atoms with Crippen LogP contribution in [-0.4, -0.2) is 55.5 Å². The third-order valence-corrected chi connectivity index (χ3v) is 0.766. The summed E-state index contributed by atoms with van der Waals surface area (Å²) in [5.41, 5.74) is 0. The first-order chi connectivity index (χ1) is 4.21. The minimum absolute atomic E-state index is 0. The molecule has 8 nitrogen and oxygen atoms in total. The number of rotatable bonds is 3. The van der Waals surface area contributed by atoms with Crippen molar-refractivity contribution in [3.8, 4) is 0 Å². The molecule has 2 N–H and O–H groups in total. The Bertz CT molecular complexity index is 253. The van der Waals surface area contributed by atoms with E-state index < -0.39 is 20.8 Å². The zero-order valence-electron chi connectivity index (χ0n) is 4.51. The van der Waals surface area contributed by atoms with Gasteiger partial charge >= 0.3 is 50.4 Å². The van der Waals surface area contributed by atoms with Gasteiger partial charge in [-0.05, 0) is 0 Å². The van der Waals surface area contributed by atoms with E-state index in [4.69, 9.17) is 9.11 Å². The predicted octanol–water partition coefficient (Wildman–Crippen LogP) is -2.11. The topological polar surface area (TPSA) is 127 Å². The maximum atomic E-state index is 9.51. The molecule has 0 aliphatic carbocycles. The van der Waals surface area contributed by atoms with Crippen LogP contribution in [0.3, 0.4) is 0 Å². The van der Waals surface area contributed by atoms with E-state index in [1.165, 1.54) is 0 Å². The van der Waals surface area contributed by atoms with Crippen LogP contribution in [-0.2, 0) is 46.5 Å². The van der Waals surface area contributed by atoms with Crippen molar-refractivity contribution >= 4 is 50.4 Å². The quantitative estimate of drug-likeness (QED) is 0.259. The van der Waals surface area contributed by atoms with Gasteiger partial charge in [-0.3, -0.25) is 9.11 Å². The van der Waals surface area contributed by atoms with Gasteiger partial charge in [0.2, 0.25) is 0 Å². The van der Waals surface area contributed by atoms with Crippen LogP contribution in [0.4, 0.5) is 0 Å². The van der Waals surface area contributed by atoms with Crippen molar-refractivity contribution in [3.63, 3.8) is 0 Å². The van der Waals surface area contributed by atoms with Crippen molar-refractivity contribution in [3.05, 3.63) is 0 Å². The summed E-state index contributed by atoms with van der Waals surface area (Å²) >= 11 is 0. The van der Waals surface area contributed by atoms with E-state index in [9.17, 15) is 16.8 Å². The van der Waals surface area contributed by atoms with Gasteiger partial charge in [0, 0.05) is 17.1 Å². The van der Waals surface area contributed by atoms with E-state index in [0.29, 0.717) is 0 Å². The molecule has 0 aliphatic heterocycles. The van der Waals surface area contributed by atoms with E-state index in [1.54, 1.807) is 0 Å². The molecule has 12 heavy (non-hydrogen) atoms. The van der Waals surface area contributed by atoms with Gasteiger partial charge in [0.15, 0.2) is 0 Å². The summed E-state index contributed by atoms with van der Waals surface area (Å²) in [5, 5.41) is 0. The summed E-state index contributed by atoms with van der Waals surface area (Å²) < 4.78 is 58.9. The van der Waals surface area contributed by atoms with Crippen LogP contribution in [0.5, 0.6) is 0 Å². The molecular weight excluding hydrogens is 271 g/mol. The molecule has 0 amide bonds. The first kappa shape index (κ1) is 18.9. The van der Waals surface area contributed by atoms with Gasteiger partial charge < -0.3 is 0 Å². The molecule has 0 fully saturated rings. The molecule has 0 bridgehead atoms. The molecule has 12 heteroatoms. The molecule has 0 unspecified atom stereocenters. The average Bonchev–Trinajstić information content (AvgIpc) is 1.57. The molecule has 0 aromatic carbocycles. The van der Waals surface area contributed by atoms with E-state index in [2.05, 4.69) is 8.67 Å². The summed E-state index contributed by atoms with van der Waals surface area (Å²) in [6.07, 6.45) is 0. The molecular formula is H3FeNaO8S2. The monoisotopic (exact) mass is 274 g/mol. The zero-order chi connectivity index (χ0) is 8.41. The number of hydrogen-bond acceptors (Lipinski definition) is 6. The minimum atomic E-state index is -5.02. The molecule has 0 rings (SSSR count). The Morgan fingerprint density at radius 2 is 1.00 bits per heavy atom. The normalized spacial score (nSPS) is 11.2. The molecule has 72 valence electrons. The molecule has 0 saturated heterocycles. The van der Waals surface area contributed by atoms with Crippen molar-refractivity contribution in [2.24, 2.45) is 0 Å². The summed E-state index contributed by atoms with van der Waals surface area (Å²) in [6, 6.07) is 0. The van der Waals surface area contributed by atoms with Crippen molar-refractivity contribution < 1.29 is 51.7 Å². The third kappa shape index (κ3) is 17.4. The molecule has 0 aromatic rings. The molecule has 0 radical (unpaired) electrons. The van der Waals surface area contributed by atoms with Gasteiger partial charge in [0.05, 0.1) is 0 Å². The van der Waals surface area contributed by atoms with Crippen molar-refractivity contribution in [1.29, 1.82) is 0 Å². The van der Waals surface area contributed by atoms with Crippen LogP contribution in [0.2, 0.25) is 0 Å². The second kappa shape index (κ2) is 6.67. The summed E-state index contributed by atoms with van der Waals surface area (Å²) in [5.74, 6) is 0. The second-order valence-electron chi connectivity index (χ2n) is 0.992. The second-order valence-corrected chi connectivity index (χ2v) is 2.97. The molecule has 0 atom stereocenters. The van der Waals surface area contributed by atoms with E-state index in [-0.39, 0.29) is 46.6 Å². The van der Waals surface area contributed by atoms with Crippen LogP contribution in [0.15, 0.2) is 0 Å². The van der Waals surface area contributed by atoms with Gasteiger partial charge in [-0.15, -0.1) is 0 Å². The van der Waals surface area contributed by atoms with E-state index in [0.717, 1.165) is 0 Å². The predicted molar refractivity (Wildman–Crippen MR) is 32.4 cm³/mol. The fourth-order valence-corrected chi connectivity index (χ4v) is 0.632. The maximum absolute atomic E-state index is 9.51. The number of hydrogen-bond donors (Lipinski definition) is 2. The van der Waals surface area contributed by atoms with Gasteiger partial charge in [0.25, 0.3) is 0 Å². The summed E-state index contributed by atoms with van der Waals surface area (Å²) in [7, 11) is -10.0. The van der Waals surface area contributed by atoms with Crippen molar-refractivity contribution in [1.82, 2.24) is 0 Å². The first-order valence-electron chi connectivity index (χ1n) is 1.53. The summed E-state index contributed by atoms with van der Waals surface area (Å²) in [4.78, 5) is 0. The van der Waals surface area contributed by atoms with Crippen LogP contribution in [0.1, 0.15) is 0 Å². The van der Waals surface area contributed by atoms with Crippen LogP contribution in [0, 0.1) is 0 Å². The van der Waals surface area contributed by atoms with Gasteiger partial charge in [-0.1, -0.05) is 8.67 Å². The fourth-order valence-electron chi connectivity index (χ4n) is 0.0702. The van der Waals surface area contributed by atoms with E-state index in [1.807, 2.05) is 0 Å². The first-order valence-corrected chi connectivity index (χ1v) is 4.26. The van der Waals surface area contributed by atoms with Gasteiger partial charge in [-0.25, -0.2) is 0 Å². The van der Waals surface area contributed by atoms with Gasteiger partial charge in [-0.2, -0.15) is 16.8 Å². The Morgan fingerprint density at radius 3 is 1.08 bits per heavy atom. The van der Waals surface area contributed by atoms with E-state index >= 15 is 0 Å².